The highest BCUT2D eigenvalue weighted by Gasteiger charge is 2.24. The Kier molecular flexibility index (Phi) is 6.64. The molecule has 0 spiro atoms. The molecule has 8 heteroatoms. The number of nitrogens with zero attached hydrogens (tertiary/aromatic N) is 1. The molecule has 1 aliphatic rings. The molecule has 0 aliphatic carbocycles. The van der Waals surface area contributed by atoms with Gasteiger partial charge in [0.25, 0.3) is 0 Å². The molecule has 1 aliphatic heterocycles. The molecule has 0 unspecified atom stereocenters. The zero-order chi connectivity index (χ0) is 15.8. The molecule has 1 fully saturated rings. The lowest BCUT2D eigenvalue weighted by atomic mass is 10.1. The molecule has 3 N–H and O–H groups in total. The van der Waals surface area contributed by atoms with E-state index in [-0.39, 0.29) is 25.3 Å². The van der Waals surface area contributed by atoms with Crippen molar-refractivity contribution in [2.45, 2.75) is 44.6 Å². The van der Waals surface area contributed by atoms with Crippen molar-refractivity contribution in [2.24, 2.45) is 0 Å². The molecule has 0 aromatic heterocycles. The molecule has 0 aromatic carbocycles. The number of carbonyl (C=O) groups excluding carboxylic acids is 2. The van der Waals surface area contributed by atoms with E-state index in [1.54, 1.807) is 0 Å². The molecule has 1 saturated heterocycles. The molecule has 0 bridgehead atoms. The van der Waals surface area contributed by atoms with Crippen molar-refractivity contribution < 1.29 is 29.4 Å². The van der Waals surface area contributed by atoms with Crippen molar-refractivity contribution in [3.05, 3.63) is 0 Å². The highest BCUT2D eigenvalue weighted by Crippen LogP contribution is 2.10. The quantitative estimate of drug-likeness (QED) is 0.599. The van der Waals surface area contributed by atoms with Crippen LogP contribution in [-0.2, 0) is 19.2 Å². The fourth-order valence-electron chi connectivity index (χ4n) is 2.14. The number of hydrogen-bond donors (Lipinski definition) is 3. The van der Waals surface area contributed by atoms with E-state index in [1.807, 2.05) is 0 Å². The van der Waals surface area contributed by atoms with Crippen molar-refractivity contribution in [3.8, 4) is 0 Å². The van der Waals surface area contributed by atoms with Crippen LogP contribution in [0.1, 0.15) is 38.5 Å². The van der Waals surface area contributed by atoms with E-state index in [4.69, 9.17) is 10.2 Å². The van der Waals surface area contributed by atoms with E-state index in [0.717, 1.165) is 19.3 Å². The van der Waals surface area contributed by atoms with Gasteiger partial charge in [-0.2, -0.15) is 0 Å². The zero-order valence-electron chi connectivity index (χ0n) is 11.7. The van der Waals surface area contributed by atoms with Crippen molar-refractivity contribution in [2.75, 3.05) is 13.1 Å². The maximum Gasteiger partial charge on any atom is 0.326 e. The van der Waals surface area contributed by atoms with Crippen LogP contribution in [0, 0.1) is 0 Å². The molecule has 2 amide bonds. The van der Waals surface area contributed by atoms with E-state index in [2.05, 4.69) is 5.32 Å². The Morgan fingerprint density at radius 2 is 1.90 bits per heavy atom. The van der Waals surface area contributed by atoms with Crippen LogP contribution in [0.4, 0.5) is 0 Å². The summed E-state index contributed by atoms with van der Waals surface area (Å²) in [7, 11) is 0. The first kappa shape index (κ1) is 16.9. The van der Waals surface area contributed by atoms with Gasteiger partial charge in [0.1, 0.15) is 6.04 Å². The van der Waals surface area contributed by atoms with E-state index in [1.165, 1.54) is 4.90 Å². The lowest BCUT2D eigenvalue weighted by molar-refractivity contribution is -0.143. The molecular weight excluding hydrogens is 280 g/mol. The van der Waals surface area contributed by atoms with Crippen LogP contribution in [0.2, 0.25) is 0 Å². The van der Waals surface area contributed by atoms with Crippen LogP contribution in [0.25, 0.3) is 0 Å². The molecule has 0 aromatic rings. The van der Waals surface area contributed by atoms with Crippen LogP contribution in [0.5, 0.6) is 0 Å². The Balaban J connectivity index is 2.50. The van der Waals surface area contributed by atoms with E-state index in [9.17, 15) is 19.2 Å². The number of rotatable bonds is 7. The lowest BCUT2D eigenvalue weighted by Gasteiger charge is -2.21. The minimum absolute atomic E-state index is 0.111. The maximum atomic E-state index is 11.8. The Morgan fingerprint density at radius 1 is 1.19 bits per heavy atom. The first-order valence-corrected chi connectivity index (χ1v) is 6.92. The van der Waals surface area contributed by atoms with Crippen LogP contribution >= 0.6 is 0 Å². The number of carboxylic acids is 2. The van der Waals surface area contributed by atoms with Gasteiger partial charge in [0.2, 0.25) is 11.8 Å². The maximum absolute atomic E-state index is 11.8. The zero-order valence-corrected chi connectivity index (χ0v) is 11.7. The lowest BCUT2D eigenvalue weighted by Crippen LogP contribution is -2.47. The first-order valence-electron chi connectivity index (χ1n) is 6.92. The van der Waals surface area contributed by atoms with Gasteiger partial charge in [-0.25, -0.2) is 4.79 Å². The highest BCUT2D eigenvalue weighted by molar-refractivity contribution is 5.88. The third-order valence-electron chi connectivity index (χ3n) is 3.29. The normalized spacial score (nSPS) is 17.0. The molecule has 0 radical (unpaired) electrons. The second-order valence-electron chi connectivity index (χ2n) is 5.02. The van der Waals surface area contributed by atoms with Crippen LogP contribution in [0.3, 0.4) is 0 Å². The molecule has 0 saturated carbocycles. The van der Waals surface area contributed by atoms with Gasteiger partial charge in [-0.3, -0.25) is 14.4 Å². The van der Waals surface area contributed by atoms with Crippen LogP contribution < -0.4 is 5.32 Å². The molecular formula is C13H20N2O6. The Labute approximate surface area is 122 Å². The predicted octanol–water partition coefficient (Wildman–Crippen LogP) is -0.177. The number of amides is 2. The summed E-state index contributed by atoms with van der Waals surface area (Å²) in [6, 6.07) is -1.25. The summed E-state index contributed by atoms with van der Waals surface area (Å²) in [4.78, 5) is 46.4. The van der Waals surface area contributed by atoms with Gasteiger partial charge in [0.15, 0.2) is 0 Å². The fourth-order valence-corrected chi connectivity index (χ4v) is 2.14. The Hall–Kier alpha value is -2.12. The first-order chi connectivity index (χ1) is 9.90. The van der Waals surface area contributed by atoms with Crippen LogP contribution in [-0.4, -0.2) is 58.0 Å². The van der Waals surface area contributed by atoms with Gasteiger partial charge < -0.3 is 20.4 Å². The number of carboxylic acid groups (broad SMARTS) is 2. The summed E-state index contributed by atoms with van der Waals surface area (Å²) in [5.41, 5.74) is 0. The SMILES string of the molecule is O=C(O)CC[C@H](NC(=O)CN1CCCCCC1=O)C(=O)O. The van der Waals surface area contributed by atoms with Gasteiger partial charge in [-0.05, 0) is 19.3 Å². The summed E-state index contributed by atoms with van der Waals surface area (Å²) < 4.78 is 0. The number of hydrogen-bond acceptors (Lipinski definition) is 4. The second kappa shape index (κ2) is 8.23. The van der Waals surface area contributed by atoms with Crippen molar-refractivity contribution in [1.82, 2.24) is 10.2 Å². The summed E-state index contributed by atoms with van der Waals surface area (Å²) in [5, 5.41) is 19.8. The van der Waals surface area contributed by atoms with Gasteiger partial charge in [0, 0.05) is 19.4 Å². The van der Waals surface area contributed by atoms with Crippen LogP contribution in [0.15, 0.2) is 0 Å². The summed E-state index contributed by atoms with van der Waals surface area (Å²) in [5.74, 6) is -3.10. The average Bonchev–Trinajstić information content (AvgIpc) is 2.59. The third-order valence-corrected chi connectivity index (χ3v) is 3.29. The molecule has 21 heavy (non-hydrogen) atoms. The summed E-state index contributed by atoms with van der Waals surface area (Å²) in [6.07, 6.45) is 2.41. The molecule has 1 rings (SSSR count). The van der Waals surface area contributed by atoms with Crippen molar-refractivity contribution >= 4 is 23.8 Å². The monoisotopic (exact) mass is 300 g/mol. The largest absolute Gasteiger partial charge is 0.481 e. The van der Waals surface area contributed by atoms with Crippen molar-refractivity contribution in [1.29, 1.82) is 0 Å². The number of carbonyl (C=O) groups is 4. The number of nitrogens with one attached hydrogen (secondary N) is 1. The Morgan fingerprint density at radius 3 is 2.52 bits per heavy atom. The minimum atomic E-state index is -1.29. The molecule has 8 nitrogen and oxygen atoms in total. The second-order valence-corrected chi connectivity index (χ2v) is 5.02. The molecule has 1 heterocycles. The number of aliphatic carboxylic acids is 2. The topological polar surface area (TPSA) is 124 Å². The smallest absolute Gasteiger partial charge is 0.326 e. The van der Waals surface area contributed by atoms with Gasteiger partial charge >= 0.3 is 11.9 Å². The molecule has 1 atom stereocenters. The van der Waals surface area contributed by atoms with E-state index in [0.29, 0.717) is 13.0 Å². The van der Waals surface area contributed by atoms with E-state index >= 15 is 0 Å². The van der Waals surface area contributed by atoms with Crippen molar-refractivity contribution in [3.63, 3.8) is 0 Å². The number of likely N-dealkylation sites (tertiary alicyclic amines) is 1. The van der Waals surface area contributed by atoms with Gasteiger partial charge in [0.05, 0.1) is 6.54 Å². The van der Waals surface area contributed by atoms with E-state index < -0.39 is 23.9 Å². The highest BCUT2D eigenvalue weighted by atomic mass is 16.4. The van der Waals surface area contributed by atoms with Gasteiger partial charge in [-0.15, -0.1) is 0 Å². The van der Waals surface area contributed by atoms with Gasteiger partial charge in [-0.1, -0.05) is 6.42 Å². The summed E-state index contributed by atoms with van der Waals surface area (Å²) >= 11 is 0. The predicted molar refractivity (Wildman–Crippen MR) is 71.5 cm³/mol. The average molecular weight is 300 g/mol. The Bertz CT molecular complexity index is 423. The fraction of sp³-hybridized carbons (Fsp3) is 0.692. The third kappa shape index (κ3) is 6.24. The minimum Gasteiger partial charge on any atom is -0.481 e. The standard InChI is InChI=1S/C13H20N2O6/c16-10(8-15-7-3-1-2-4-11(15)17)14-9(13(20)21)5-6-12(18)19/h9H,1-8H2,(H,14,16)(H,18,19)(H,20,21)/t9-/m0/s1. The molecule has 118 valence electrons. The summed E-state index contributed by atoms with van der Waals surface area (Å²) in [6.45, 7) is 0.300.